The molecular formula is C9H16N2O4S. The van der Waals surface area contributed by atoms with Crippen molar-refractivity contribution in [3.8, 4) is 0 Å². The summed E-state index contributed by atoms with van der Waals surface area (Å²) >= 11 is 1.83. The van der Waals surface area contributed by atoms with E-state index >= 15 is 0 Å². The molecule has 0 saturated carbocycles. The highest BCUT2D eigenvalue weighted by Crippen LogP contribution is 2.16. The first-order valence-electron chi connectivity index (χ1n) is 5.10. The number of ether oxygens (including phenoxy) is 1. The molecule has 0 spiro atoms. The molecule has 6 nitrogen and oxygen atoms in total. The van der Waals surface area contributed by atoms with E-state index in [9.17, 15) is 9.59 Å². The molecule has 0 aliphatic carbocycles. The van der Waals surface area contributed by atoms with Crippen LogP contribution in [0.4, 0.5) is 4.79 Å². The van der Waals surface area contributed by atoms with Crippen LogP contribution in [-0.2, 0) is 9.53 Å². The molecule has 1 fully saturated rings. The van der Waals surface area contributed by atoms with E-state index in [-0.39, 0.29) is 25.3 Å². The van der Waals surface area contributed by atoms with Crippen LogP contribution < -0.4 is 10.6 Å². The smallest absolute Gasteiger partial charge is 0.329 e. The van der Waals surface area contributed by atoms with Gasteiger partial charge < -0.3 is 20.5 Å². The lowest BCUT2D eigenvalue weighted by atomic mass is 10.3. The van der Waals surface area contributed by atoms with Gasteiger partial charge in [0.15, 0.2) is 0 Å². The van der Waals surface area contributed by atoms with Gasteiger partial charge in [-0.3, -0.25) is 0 Å². The quantitative estimate of drug-likeness (QED) is 0.571. The maximum Gasteiger partial charge on any atom is 0.329 e. The van der Waals surface area contributed by atoms with Crippen LogP contribution in [0.2, 0.25) is 0 Å². The Morgan fingerprint density at radius 3 is 2.94 bits per heavy atom. The fourth-order valence-corrected chi connectivity index (χ4v) is 2.43. The summed E-state index contributed by atoms with van der Waals surface area (Å²) in [5.74, 6) is 1.04. The minimum absolute atomic E-state index is 0.207. The van der Waals surface area contributed by atoms with Gasteiger partial charge in [0, 0.05) is 18.3 Å². The summed E-state index contributed by atoms with van der Waals surface area (Å²) in [6.45, 7) is 0.195. The van der Waals surface area contributed by atoms with Crippen LogP contribution in [0, 0.1) is 0 Å². The average Bonchev–Trinajstić information content (AvgIpc) is 2.69. The first kappa shape index (κ1) is 13.1. The minimum Gasteiger partial charge on any atom is -0.480 e. The Hall–Kier alpha value is -0.950. The number of hydrogen-bond acceptors (Lipinski definition) is 4. The van der Waals surface area contributed by atoms with Crippen molar-refractivity contribution in [2.24, 2.45) is 0 Å². The zero-order chi connectivity index (χ0) is 11.8. The topological polar surface area (TPSA) is 87.7 Å². The molecule has 2 amide bonds. The molecule has 1 aliphatic rings. The Morgan fingerprint density at radius 2 is 2.31 bits per heavy atom. The minimum atomic E-state index is -1.01. The number of thioether (sulfide) groups is 1. The van der Waals surface area contributed by atoms with Crippen molar-refractivity contribution in [2.45, 2.75) is 12.5 Å². The molecular weight excluding hydrogens is 232 g/mol. The maximum atomic E-state index is 11.3. The zero-order valence-electron chi connectivity index (χ0n) is 8.90. The van der Waals surface area contributed by atoms with Crippen molar-refractivity contribution >= 4 is 23.8 Å². The summed E-state index contributed by atoms with van der Waals surface area (Å²) in [4.78, 5) is 21.4. The molecule has 0 aromatic carbocycles. The summed E-state index contributed by atoms with van der Waals surface area (Å²) in [5, 5.41) is 13.7. The standard InChI is InChI=1S/C9H16N2O4S/c12-8(13)5-15-3-2-10-9(14)11-7-1-4-16-6-7/h7H,1-6H2,(H,12,13)(H2,10,11,14). The van der Waals surface area contributed by atoms with Crippen molar-refractivity contribution in [2.75, 3.05) is 31.3 Å². The van der Waals surface area contributed by atoms with Crippen LogP contribution in [0.15, 0.2) is 0 Å². The number of amides is 2. The van der Waals surface area contributed by atoms with Gasteiger partial charge in [0.05, 0.1) is 6.61 Å². The Labute approximate surface area is 98.1 Å². The number of rotatable bonds is 6. The molecule has 1 aliphatic heterocycles. The summed E-state index contributed by atoms with van der Waals surface area (Å²) in [6, 6.07) is 0.0383. The van der Waals surface area contributed by atoms with Crippen LogP contribution in [0.25, 0.3) is 0 Å². The Morgan fingerprint density at radius 1 is 1.50 bits per heavy atom. The van der Waals surface area contributed by atoms with Gasteiger partial charge >= 0.3 is 12.0 Å². The van der Waals surface area contributed by atoms with Crippen LogP contribution in [0.1, 0.15) is 6.42 Å². The molecule has 3 N–H and O–H groups in total. The second-order valence-electron chi connectivity index (χ2n) is 3.41. The number of urea groups is 1. The third kappa shape index (κ3) is 5.82. The van der Waals surface area contributed by atoms with Crippen molar-refractivity contribution in [3.63, 3.8) is 0 Å². The number of carbonyl (C=O) groups excluding carboxylic acids is 1. The summed E-state index contributed by atoms with van der Waals surface area (Å²) in [5.41, 5.74) is 0. The van der Waals surface area contributed by atoms with Crippen molar-refractivity contribution in [1.82, 2.24) is 10.6 Å². The fourth-order valence-electron chi connectivity index (χ4n) is 1.28. The van der Waals surface area contributed by atoms with Crippen LogP contribution in [0.3, 0.4) is 0 Å². The molecule has 1 rings (SSSR count). The van der Waals surface area contributed by atoms with Crippen molar-refractivity contribution in [3.05, 3.63) is 0 Å². The van der Waals surface area contributed by atoms with Gasteiger partial charge in [0.25, 0.3) is 0 Å². The first-order valence-corrected chi connectivity index (χ1v) is 6.25. The monoisotopic (exact) mass is 248 g/mol. The Bertz CT molecular complexity index is 244. The average molecular weight is 248 g/mol. The number of carbonyl (C=O) groups is 2. The molecule has 1 heterocycles. The molecule has 1 atom stereocenters. The summed E-state index contributed by atoms with van der Waals surface area (Å²) < 4.78 is 4.77. The molecule has 92 valence electrons. The maximum absolute atomic E-state index is 11.3. The number of carboxylic acid groups (broad SMARTS) is 1. The van der Waals surface area contributed by atoms with Crippen LogP contribution >= 0.6 is 11.8 Å². The predicted octanol–water partition coefficient (Wildman–Crippen LogP) is -0.108. The van der Waals surface area contributed by atoms with E-state index in [1.54, 1.807) is 0 Å². The lowest BCUT2D eigenvalue weighted by Gasteiger charge is -2.12. The van der Waals surface area contributed by atoms with Crippen molar-refractivity contribution < 1.29 is 19.4 Å². The largest absolute Gasteiger partial charge is 0.480 e. The third-order valence-electron chi connectivity index (χ3n) is 2.02. The van der Waals surface area contributed by atoms with Gasteiger partial charge in [-0.05, 0) is 12.2 Å². The zero-order valence-corrected chi connectivity index (χ0v) is 9.72. The summed E-state index contributed by atoms with van der Waals surface area (Å²) in [6.07, 6.45) is 1.01. The Balaban J connectivity index is 1.95. The van der Waals surface area contributed by atoms with Gasteiger partial charge in [0.1, 0.15) is 6.61 Å². The van der Waals surface area contributed by atoms with E-state index < -0.39 is 5.97 Å². The van der Waals surface area contributed by atoms with E-state index in [1.807, 2.05) is 11.8 Å². The lowest BCUT2D eigenvalue weighted by molar-refractivity contribution is -0.142. The van der Waals surface area contributed by atoms with E-state index in [4.69, 9.17) is 9.84 Å². The molecule has 7 heteroatoms. The molecule has 1 unspecified atom stereocenters. The SMILES string of the molecule is O=C(O)COCCNC(=O)NC1CCSC1. The number of nitrogens with one attached hydrogen (secondary N) is 2. The second kappa shape index (κ2) is 7.34. The molecule has 0 bridgehead atoms. The third-order valence-corrected chi connectivity index (χ3v) is 3.18. The summed E-state index contributed by atoms with van der Waals surface area (Å²) in [7, 11) is 0. The van der Waals surface area contributed by atoms with Gasteiger partial charge in [-0.2, -0.15) is 11.8 Å². The van der Waals surface area contributed by atoms with Gasteiger partial charge in [-0.1, -0.05) is 0 Å². The number of aliphatic carboxylic acids is 1. The van der Waals surface area contributed by atoms with E-state index in [0.717, 1.165) is 17.9 Å². The Kier molecular flexibility index (Phi) is 6.02. The fraction of sp³-hybridized carbons (Fsp3) is 0.778. The molecule has 16 heavy (non-hydrogen) atoms. The molecule has 1 saturated heterocycles. The van der Waals surface area contributed by atoms with E-state index in [2.05, 4.69) is 10.6 Å². The highest BCUT2D eigenvalue weighted by atomic mass is 32.2. The normalized spacial score (nSPS) is 19.4. The van der Waals surface area contributed by atoms with Gasteiger partial charge in [0.2, 0.25) is 0 Å². The molecule has 0 aromatic rings. The molecule has 0 radical (unpaired) electrons. The van der Waals surface area contributed by atoms with E-state index in [0.29, 0.717) is 6.54 Å². The highest BCUT2D eigenvalue weighted by molar-refractivity contribution is 7.99. The number of hydrogen-bond donors (Lipinski definition) is 3. The van der Waals surface area contributed by atoms with Gasteiger partial charge in [-0.15, -0.1) is 0 Å². The van der Waals surface area contributed by atoms with Crippen LogP contribution in [-0.4, -0.2) is 54.4 Å². The highest BCUT2D eigenvalue weighted by Gasteiger charge is 2.16. The number of carboxylic acids is 1. The van der Waals surface area contributed by atoms with E-state index in [1.165, 1.54) is 0 Å². The van der Waals surface area contributed by atoms with Gasteiger partial charge in [-0.25, -0.2) is 9.59 Å². The molecule has 0 aromatic heterocycles. The lowest BCUT2D eigenvalue weighted by Crippen LogP contribution is -2.43. The predicted molar refractivity (Wildman–Crippen MR) is 60.7 cm³/mol. The van der Waals surface area contributed by atoms with Crippen LogP contribution in [0.5, 0.6) is 0 Å². The first-order chi connectivity index (χ1) is 7.68. The van der Waals surface area contributed by atoms with Crippen molar-refractivity contribution in [1.29, 1.82) is 0 Å². The second-order valence-corrected chi connectivity index (χ2v) is 4.56.